The number of carbonyl (C=O) groups is 1. The predicted molar refractivity (Wildman–Crippen MR) is 127 cm³/mol. The Morgan fingerprint density at radius 2 is 1.58 bits per heavy atom. The van der Waals surface area contributed by atoms with E-state index in [1.54, 1.807) is 0 Å². The summed E-state index contributed by atoms with van der Waals surface area (Å²) in [6, 6.07) is 9.18. The van der Waals surface area contributed by atoms with Crippen LogP contribution in [0.5, 0.6) is 0 Å². The zero-order valence-corrected chi connectivity index (χ0v) is 19.1. The molecule has 1 unspecified atom stereocenters. The Labute approximate surface area is 187 Å². The summed E-state index contributed by atoms with van der Waals surface area (Å²) in [5.41, 5.74) is 2.08. The number of hydrogen-bond donors (Lipinski definition) is 1. The fraction of sp³-hybridized carbons (Fsp3) is 0.692. The molecule has 7 rings (SSSR count). The van der Waals surface area contributed by atoms with Gasteiger partial charge in [-0.15, -0.1) is 0 Å². The van der Waals surface area contributed by atoms with Gasteiger partial charge < -0.3 is 10.2 Å². The minimum absolute atomic E-state index is 0.0862. The molecule has 168 valence electrons. The summed E-state index contributed by atoms with van der Waals surface area (Å²) in [5, 5.41) is 3.78. The van der Waals surface area contributed by atoms with E-state index < -0.39 is 0 Å². The predicted octanol–water partition coefficient (Wildman–Crippen LogP) is 5.46. The van der Waals surface area contributed by atoms with Crippen molar-refractivity contribution in [2.75, 3.05) is 24.5 Å². The second-order valence-electron chi connectivity index (χ2n) is 10.3. The Hall–Kier alpha value is -1.88. The zero-order valence-electron chi connectivity index (χ0n) is 19.1. The summed E-state index contributed by atoms with van der Waals surface area (Å²) < 4.78 is 0. The lowest BCUT2D eigenvalue weighted by Crippen LogP contribution is -2.62. The van der Waals surface area contributed by atoms with E-state index in [2.05, 4.69) is 46.4 Å². The van der Waals surface area contributed by atoms with E-state index in [-0.39, 0.29) is 11.6 Å². The molecule has 0 aromatic heterocycles. The van der Waals surface area contributed by atoms with Crippen molar-refractivity contribution in [2.24, 2.45) is 4.99 Å². The molecule has 1 aliphatic carbocycles. The molecule has 1 aromatic carbocycles. The summed E-state index contributed by atoms with van der Waals surface area (Å²) in [6.07, 6.45) is 13.4. The van der Waals surface area contributed by atoms with Crippen LogP contribution in [0.4, 0.5) is 10.5 Å². The summed E-state index contributed by atoms with van der Waals surface area (Å²) in [4.78, 5) is 22.6. The Bertz CT molecular complexity index is 803. The van der Waals surface area contributed by atoms with Crippen LogP contribution in [0.2, 0.25) is 0 Å². The van der Waals surface area contributed by atoms with Crippen LogP contribution >= 0.6 is 0 Å². The SMILES string of the molecule is CC1CCCCCN2CCC3(CC2)C(NC2CCCCC2)=NC(=O)N3c2ccc1cc2. The number of urea groups is 1. The average molecular weight is 423 g/mol. The molecule has 1 atom stereocenters. The molecule has 5 aliphatic heterocycles. The van der Waals surface area contributed by atoms with Crippen molar-refractivity contribution < 1.29 is 4.79 Å². The molecule has 5 heterocycles. The lowest BCUT2D eigenvalue weighted by molar-refractivity contribution is 0.185. The van der Waals surface area contributed by atoms with Gasteiger partial charge in [0.25, 0.3) is 0 Å². The van der Waals surface area contributed by atoms with Gasteiger partial charge in [0.15, 0.2) is 0 Å². The summed E-state index contributed by atoms with van der Waals surface area (Å²) in [6.45, 7) is 5.61. The number of rotatable bonds is 1. The third-order valence-corrected chi connectivity index (χ3v) is 8.23. The first kappa shape index (κ1) is 21.0. The van der Waals surface area contributed by atoms with Crippen molar-refractivity contribution in [3.8, 4) is 0 Å². The highest BCUT2D eigenvalue weighted by molar-refractivity contribution is 6.16. The summed E-state index contributed by atoms with van der Waals surface area (Å²) >= 11 is 0. The Morgan fingerprint density at radius 1 is 0.903 bits per heavy atom. The topological polar surface area (TPSA) is 47.9 Å². The molecular formula is C26H38N4O. The van der Waals surface area contributed by atoms with Crippen LogP contribution in [0.1, 0.15) is 89.0 Å². The Balaban J connectivity index is 1.47. The van der Waals surface area contributed by atoms with E-state index in [0.717, 1.165) is 37.5 Å². The number of benzene rings is 1. The fourth-order valence-corrected chi connectivity index (χ4v) is 6.19. The number of carbonyl (C=O) groups excluding carboxylic acids is 1. The molecule has 1 spiro atoms. The van der Waals surface area contributed by atoms with Gasteiger partial charge in [-0.25, -0.2) is 4.79 Å². The first-order valence-corrected chi connectivity index (χ1v) is 12.7. The van der Waals surface area contributed by atoms with Gasteiger partial charge in [0.2, 0.25) is 0 Å². The third kappa shape index (κ3) is 4.13. The molecular weight excluding hydrogens is 384 g/mol. The van der Waals surface area contributed by atoms with Crippen LogP contribution in [0.15, 0.2) is 29.3 Å². The van der Waals surface area contributed by atoms with E-state index in [1.807, 2.05) is 4.90 Å². The van der Waals surface area contributed by atoms with Gasteiger partial charge in [-0.3, -0.25) is 4.90 Å². The number of aliphatic imine (C=N–C) groups is 1. The zero-order chi connectivity index (χ0) is 21.3. The van der Waals surface area contributed by atoms with E-state index >= 15 is 0 Å². The molecule has 31 heavy (non-hydrogen) atoms. The van der Waals surface area contributed by atoms with Crippen LogP contribution in [0.3, 0.4) is 0 Å². The van der Waals surface area contributed by atoms with Gasteiger partial charge >= 0.3 is 6.03 Å². The fourth-order valence-electron chi connectivity index (χ4n) is 6.19. The van der Waals surface area contributed by atoms with Crippen molar-refractivity contribution >= 4 is 17.6 Å². The maximum Gasteiger partial charge on any atom is 0.350 e. The molecule has 2 amide bonds. The highest BCUT2D eigenvalue weighted by Gasteiger charge is 2.52. The molecule has 5 nitrogen and oxygen atoms in total. The Morgan fingerprint density at radius 3 is 2.32 bits per heavy atom. The normalized spacial score (nSPS) is 32.4. The van der Waals surface area contributed by atoms with Crippen molar-refractivity contribution in [1.29, 1.82) is 0 Å². The van der Waals surface area contributed by atoms with E-state index in [0.29, 0.717) is 12.0 Å². The molecule has 6 aliphatic rings. The molecule has 1 saturated carbocycles. The van der Waals surface area contributed by atoms with Gasteiger partial charge in [0, 0.05) is 24.8 Å². The van der Waals surface area contributed by atoms with Crippen LogP contribution in [0, 0.1) is 0 Å². The number of piperidine rings is 1. The van der Waals surface area contributed by atoms with E-state index in [9.17, 15) is 4.79 Å². The van der Waals surface area contributed by atoms with Crippen molar-refractivity contribution in [1.82, 2.24) is 10.2 Å². The maximum atomic E-state index is 13.3. The largest absolute Gasteiger partial charge is 0.369 e. The highest BCUT2D eigenvalue weighted by atomic mass is 16.2. The van der Waals surface area contributed by atoms with Gasteiger partial charge in [-0.05, 0) is 68.7 Å². The van der Waals surface area contributed by atoms with E-state index in [4.69, 9.17) is 0 Å². The molecule has 1 N–H and O–H groups in total. The van der Waals surface area contributed by atoms with Crippen molar-refractivity contribution in [3.63, 3.8) is 0 Å². The minimum atomic E-state index is -0.307. The van der Waals surface area contributed by atoms with Gasteiger partial charge in [-0.2, -0.15) is 4.99 Å². The number of anilines is 1. The summed E-state index contributed by atoms with van der Waals surface area (Å²) in [5.74, 6) is 1.52. The lowest BCUT2D eigenvalue weighted by atomic mass is 9.83. The highest BCUT2D eigenvalue weighted by Crippen LogP contribution is 2.40. The Kier molecular flexibility index (Phi) is 6.05. The van der Waals surface area contributed by atoms with Crippen LogP contribution in [0.25, 0.3) is 0 Å². The van der Waals surface area contributed by atoms with Crippen LogP contribution < -0.4 is 10.2 Å². The molecule has 4 bridgehead atoms. The molecule has 5 heteroatoms. The van der Waals surface area contributed by atoms with Crippen molar-refractivity contribution in [3.05, 3.63) is 29.8 Å². The van der Waals surface area contributed by atoms with Gasteiger partial charge in [0.05, 0.1) is 0 Å². The van der Waals surface area contributed by atoms with Gasteiger partial charge in [0.1, 0.15) is 11.4 Å². The number of amidine groups is 1. The molecule has 0 radical (unpaired) electrons. The second-order valence-corrected chi connectivity index (χ2v) is 10.3. The number of hydrogen-bond acceptors (Lipinski definition) is 3. The smallest absolute Gasteiger partial charge is 0.350 e. The monoisotopic (exact) mass is 422 g/mol. The van der Waals surface area contributed by atoms with E-state index in [1.165, 1.54) is 69.9 Å². The van der Waals surface area contributed by atoms with Crippen LogP contribution in [-0.4, -0.2) is 48.0 Å². The second kappa shape index (κ2) is 8.93. The third-order valence-electron chi connectivity index (χ3n) is 8.23. The number of nitrogens with one attached hydrogen (secondary N) is 1. The first-order valence-electron chi connectivity index (χ1n) is 12.7. The number of fused-ring (bicyclic) bond motifs is 2. The minimum Gasteiger partial charge on any atom is -0.369 e. The average Bonchev–Trinajstić information content (AvgIpc) is 3.05. The number of nitrogens with zero attached hydrogens (tertiary/aromatic N) is 3. The lowest BCUT2D eigenvalue weighted by Gasteiger charge is -2.45. The standard InChI is InChI=1S/C26H38N4O/c1-20-8-4-3-7-17-29-18-15-26(16-19-29)24(27-22-9-5-2-6-10-22)28-25(31)30(26)23-13-11-21(20)12-14-23/h11-14,20,22H,2-10,15-19H2,1H3,(H,27,28,31). The summed E-state index contributed by atoms with van der Waals surface area (Å²) in [7, 11) is 0. The molecule has 1 aromatic rings. The number of amides is 2. The quantitative estimate of drug-likeness (QED) is 0.654. The first-order chi connectivity index (χ1) is 15.2. The van der Waals surface area contributed by atoms with Crippen LogP contribution in [-0.2, 0) is 0 Å². The molecule has 1 saturated heterocycles. The maximum absolute atomic E-state index is 13.3. The van der Waals surface area contributed by atoms with Gasteiger partial charge in [-0.1, -0.05) is 51.2 Å². The van der Waals surface area contributed by atoms with Crippen molar-refractivity contribution in [2.45, 2.75) is 95.1 Å². The molecule has 2 fully saturated rings.